The van der Waals surface area contributed by atoms with Gasteiger partial charge in [0, 0.05) is 31.6 Å². The Morgan fingerprint density at radius 1 is 1.00 bits per heavy atom. The SMILES string of the molecule is CCCCOc1ccc(C(=O)NCC(=O)NCCC(=O)N2CCCCCC2)cc1. The van der Waals surface area contributed by atoms with Gasteiger partial charge in [-0.15, -0.1) is 0 Å². The maximum atomic E-state index is 12.2. The van der Waals surface area contributed by atoms with Crippen molar-refractivity contribution in [1.82, 2.24) is 15.5 Å². The van der Waals surface area contributed by atoms with E-state index in [1.165, 1.54) is 12.8 Å². The van der Waals surface area contributed by atoms with Crippen LogP contribution >= 0.6 is 0 Å². The molecule has 2 N–H and O–H groups in total. The number of unbranched alkanes of at least 4 members (excludes halogenated alkanes) is 1. The van der Waals surface area contributed by atoms with E-state index in [-0.39, 0.29) is 30.8 Å². The molecule has 1 saturated heterocycles. The molecule has 0 bridgehead atoms. The Labute approximate surface area is 173 Å². The molecule has 3 amide bonds. The van der Waals surface area contributed by atoms with Crippen LogP contribution in [0.15, 0.2) is 24.3 Å². The van der Waals surface area contributed by atoms with Gasteiger partial charge in [-0.1, -0.05) is 26.2 Å². The molecule has 0 aromatic heterocycles. The fourth-order valence-electron chi connectivity index (χ4n) is 3.15. The molecule has 0 unspecified atom stereocenters. The zero-order chi connectivity index (χ0) is 20.9. The van der Waals surface area contributed by atoms with Gasteiger partial charge in [0.15, 0.2) is 0 Å². The fraction of sp³-hybridized carbons (Fsp3) is 0.591. The lowest BCUT2D eigenvalue weighted by Gasteiger charge is -2.20. The number of carbonyl (C=O) groups excluding carboxylic acids is 3. The Balaban J connectivity index is 1.63. The predicted octanol–water partition coefficient (Wildman–Crippen LogP) is 2.50. The molecule has 1 aromatic rings. The minimum absolute atomic E-state index is 0.0810. The molecule has 7 heteroatoms. The summed E-state index contributed by atoms with van der Waals surface area (Å²) in [4.78, 5) is 38.1. The standard InChI is InChI=1S/C22H33N3O4/c1-2-3-16-29-19-10-8-18(9-11-19)22(28)24-17-20(26)23-13-12-21(27)25-14-6-4-5-7-15-25/h8-11H,2-7,12-17H2,1H3,(H,23,26)(H,24,28). The normalized spacial score (nSPS) is 14.0. The fourth-order valence-corrected chi connectivity index (χ4v) is 3.15. The summed E-state index contributed by atoms with van der Waals surface area (Å²) in [6.45, 7) is 4.54. The Morgan fingerprint density at radius 3 is 2.34 bits per heavy atom. The highest BCUT2D eigenvalue weighted by Crippen LogP contribution is 2.13. The molecule has 1 aliphatic heterocycles. The third-order valence-corrected chi connectivity index (χ3v) is 4.91. The van der Waals surface area contributed by atoms with Crippen LogP contribution in [0, 0.1) is 0 Å². The Morgan fingerprint density at radius 2 is 1.69 bits per heavy atom. The summed E-state index contributed by atoms with van der Waals surface area (Å²) in [7, 11) is 0. The first kappa shape index (κ1) is 22.7. The van der Waals surface area contributed by atoms with Gasteiger partial charge in [-0.2, -0.15) is 0 Å². The van der Waals surface area contributed by atoms with Gasteiger partial charge in [0.25, 0.3) is 5.91 Å². The average Bonchev–Trinajstić information content (AvgIpc) is 3.02. The number of hydrogen-bond donors (Lipinski definition) is 2. The summed E-state index contributed by atoms with van der Waals surface area (Å²) in [5.41, 5.74) is 0.469. The second-order valence-electron chi connectivity index (χ2n) is 7.30. The first-order chi connectivity index (χ1) is 14.1. The lowest BCUT2D eigenvalue weighted by atomic mass is 10.2. The summed E-state index contributed by atoms with van der Waals surface area (Å²) >= 11 is 0. The van der Waals surface area contributed by atoms with E-state index in [2.05, 4.69) is 17.6 Å². The van der Waals surface area contributed by atoms with Gasteiger partial charge in [0.05, 0.1) is 13.2 Å². The van der Waals surface area contributed by atoms with Crippen LogP contribution in [0.1, 0.15) is 62.2 Å². The van der Waals surface area contributed by atoms with Gasteiger partial charge in [0.2, 0.25) is 11.8 Å². The Hall–Kier alpha value is -2.57. The van der Waals surface area contributed by atoms with Crippen molar-refractivity contribution in [3.05, 3.63) is 29.8 Å². The number of rotatable bonds is 10. The number of ether oxygens (including phenoxy) is 1. The van der Waals surface area contributed by atoms with E-state index in [9.17, 15) is 14.4 Å². The smallest absolute Gasteiger partial charge is 0.251 e. The van der Waals surface area contributed by atoms with Gasteiger partial charge in [-0.3, -0.25) is 14.4 Å². The van der Waals surface area contributed by atoms with Crippen molar-refractivity contribution < 1.29 is 19.1 Å². The van der Waals surface area contributed by atoms with Crippen molar-refractivity contribution in [2.24, 2.45) is 0 Å². The van der Waals surface area contributed by atoms with Crippen molar-refractivity contribution in [1.29, 1.82) is 0 Å². The molecule has 160 valence electrons. The zero-order valence-corrected chi connectivity index (χ0v) is 17.4. The largest absolute Gasteiger partial charge is 0.494 e. The number of hydrogen-bond acceptors (Lipinski definition) is 4. The molecule has 0 atom stereocenters. The minimum atomic E-state index is -0.319. The molecule has 7 nitrogen and oxygen atoms in total. The van der Waals surface area contributed by atoms with Gasteiger partial charge in [-0.05, 0) is 43.5 Å². The average molecular weight is 404 g/mol. The lowest BCUT2D eigenvalue weighted by Crippen LogP contribution is -2.39. The molecular formula is C22H33N3O4. The van der Waals surface area contributed by atoms with Crippen LogP contribution in [0.3, 0.4) is 0 Å². The van der Waals surface area contributed by atoms with E-state index in [0.717, 1.165) is 44.5 Å². The highest BCUT2D eigenvalue weighted by atomic mass is 16.5. The van der Waals surface area contributed by atoms with E-state index >= 15 is 0 Å². The summed E-state index contributed by atoms with van der Waals surface area (Å²) in [6.07, 6.45) is 6.80. The molecule has 1 aliphatic rings. The molecule has 1 aromatic carbocycles. The molecule has 29 heavy (non-hydrogen) atoms. The predicted molar refractivity (Wildman–Crippen MR) is 112 cm³/mol. The zero-order valence-electron chi connectivity index (χ0n) is 17.4. The molecule has 0 saturated carbocycles. The molecule has 1 heterocycles. The van der Waals surface area contributed by atoms with Crippen molar-refractivity contribution >= 4 is 17.7 Å². The highest BCUT2D eigenvalue weighted by Gasteiger charge is 2.15. The highest BCUT2D eigenvalue weighted by molar-refractivity contribution is 5.96. The molecular weight excluding hydrogens is 370 g/mol. The number of carbonyl (C=O) groups is 3. The molecule has 2 rings (SSSR count). The Bertz CT molecular complexity index is 653. The van der Waals surface area contributed by atoms with Gasteiger partial charge < -0.3 is 20.3 Å². The van der Waals surface area contributed by atoms with Crippen molar-refractivity contribution in [3.63, 3.8) is 0 Å². The van der Waals surface area contributed by atoms with E-state index in [0.29, 0.717) is 18.6 Å². The van der Waals surface area contributed by atoms with Crippen molar-refractivity contribution in [3.8, 4) is 5.75 Å². The van der Waals surface area contributed by atoms with E-state index in [1.54, 1.807) is 24.3 Å². The van der Waals surface area contributed by atoms with E-state index in [4.69, 9.17) is 4.74 Å². The van der Waals surface area contributed by atoms with Crippen LogP contribution in [0.25, 0.3) is 0 Å². The monoisotopic (exact) mass is 403 g/mol. The van der Waals surface area contributed by atoms with Crippen LogP contribution in [-0.2, 0) is 9.59 Å². The Kier molecular flexibility index (Phi) is 10.0. The van der Waals surface area contributed by atoms with E-state index < -0.39 is 0 Å². The second kappa shape index (κ2) is 12.8. The van der Waals surface area contributed by atoms with Gasteiger partial charge in [-0.25, -0.2) is 0 Å². The van der Waals surface area contributed by atoms with Crippen LogP contribution < -0.4 is 15.4 Å². The van der Waals surface area contributed by atoms with Crippen molar-refractivity contribution in [2.75, 3.05) is 32.8 Å². The summed E-state index contributed by atoms with van der Waals surface area (Å²) in [5.74, 6) is 0.182. The lowest BCUT2D eigenvalue weighted by molar-refractivity contribution is -0.131. The van der Waals surface area contributed by atoms with Gasteiger partial charge >= 0.3 is 0 Å². The van der Waals surface area contributed by atoms with Crippen LogP contribution in [0.2, 0.25) is 0 Å². The molecule has 1 fully saturated rings. The molecule has 0 radical (unpaired) electrons. The maximum absolute atomic E-state index is 12.2. The number of likely N-dealkylation sites (tertiary alicyclic amines) is 1. The van der Waals surface area contributed by atoms with Gasteiger partial charge in [0.1, 0.15) is 5.75 Å². The third-order valence-electron chi connectivity index (χ3n) is 4.91. The topological polar surface area (TPSA) is 87.7 Å². The summed E-state index contributed by atoms with van der Waals surface area (Å²) in [6, 6.07) is 6.85. The van der Waals surface area contributed by atoms with Crippen LogP contribution in [-0.4, -0.2) is 55.4 Å². The first-order valence-electron chi connectivity index (χ1n) is 10.7. The molecule has 0 spiro atoms. The minimum Gasteiger partial charge on any atom is -0.494 e. The summed E-state index contributed by atoms with van der Waals surface area (Å²) in [5, 5.41) is 5.28. The second-order valence-corrected chi connectivity index (χ2v) is 7.30. The summed E-state index contributed by atoms with van der Waals surface area (Å²) < 4.78 is 5.57. The van der Waals surface area contributed by atoms with Crippen LogP contribution in [0.5, 0.6) is 5.75 Å². The van der Waals surface area contributed by atoms with E-state index in [1.807, 2.05) is 4.90 Å². The number of benzene rings is 1. The maximum Gasteiger partial charge on any atom is 0.251 e. The third kappa shape index (κ3) is 8.54. The number of amides is 3. The first-order valence-corrected chi connectivity index (χ1v) is 10.7. The number of nitrogens with one attached hydrogen (secondary N) is 2. The van der Waals surface area contributed by atoms with Crippen molar-refractivity contribution in [2.45, 2.75) is 51.9 Å². The van der Waals surface area contributed by atoms with Crippen LogP contribution in [0.4, 0.5) is 0 Å². The molecule has 0 aliphatic carbocycles. The number of nitrogens with zero attached hydrogens (tertiary/aromatic N) is 1. The quantitative estimate of drug-likeness (QED) is 0.588.